The summed E-state index contributed by atoms with van der Waals surface area (Å²) in [5.41, 5.74) is 1.88. The zero-order valence-electron chi connectivity index (χ0n) is 8.71. The SMILES string of the molecule is CN(C=O)c1ccc(C#N)c2ncccc12. The molecule has 0 saturated heterocycles. The Hall–Kier alpha value is -2.41. The molecule has 2 rings (SSSR count). The number of aromatic nitrogens is 1. The molecule has 1 amide bonds. The van der Waals surface area contributed by atoms with Gasteiger partial charge in [-0.1, -0.05) is 0 Å². The van der Waals surface area contributed by atoms with Crippen molar-refractivity contribution >= 4 is 23.0 Å². The van der Waals surface area contributed by atoms with Crippen LogP contribution < -0.4 is 4.90 Å². The van der Waals surface area contributed by atoms with Crippen molar-refractivity contribution in [1.29, 1.82) is 5.26 Å². The Labute approximate surface area is 92.7 Å². The van der Waals surface area contributed by atoms with E-state index in [0.29, 0.717) is 11.1 Å². The minimum atomic E-state index is 0.513. The first-order valence-electron chi connectivity index (χ1n) is 4.74. The molecule has 78 valence electrons. The smallest absolute Gasteiger partial charge is 0.213 e. The summed E-state index contributed by atoms with van der Waals surface area (Å²) in [5.74, 6) is 0. The zero-order chi connectivity index (χ0) is 11.5. The van der Waals surface area contributed by atoms with Gasteiger partial charge in [0.25, 0.3) is 0 Å². The molecule has 1 aromatic heterocycles. The van der Waals surface area contributed by atoms with Crippen molar-refractivity contribution in [2.75, 3.05) is 11.9 Å². The van der Waals surface area contributed by atoms with Crippen molar-refractivity contribution in [3.05, 3.63) is 36.0 Å². The van der Waals surface area contributed by atoms with E-state index in [0.717, 1.165) is 17.5 Å². The summed E-state index contributed by atoms with van der Waals surface area (Å²) in [7, 11) is 1.67. The molecular formula is C12H9N3O. The molecule has 0 atom stereocenters. The minimum absolute atomic E-state index is 0.513. The summed E-state index contributed by atoms with van der Waals surface area (Å²) in [5, 5.41) is 9.75. The molecule has 16 heavy (non-hydrogen) atoms. The van der Waals surface area contributed by atoms with E-state index in [1.807, 2.05) is 6.07 Å². The lowest BCUT2D eigenvalue weighted by atomic mass is 10.1. The number of benzene rings is 1. The van der Waals surface area contributed by atoms with Crippen molar-refractivity contribution in [3.63, 3.8) is 0 Å². The largest absolute Gasteiger partial charge is 0.317 e. The third-order valence-electron chi connectivity index (χ3n) is 2.41. The van der Waals surface area contributed by atoms with Crippen molar-refractivity contribution < 1.29 is 4.79 Å². The number of nitriles is 1. The third kappa shape index (κ3) is 1.48. The average Bonchev–Trinajstić information content (AvgIpc) is 2.36. The number of nitrogens with zero attached hydrogens (tertiary/aromatic N) is 3. The van der Waals surface area contributed by atoms with Crippen molar-refractivity contribution in [2.45, 2.75) is 0 Å². The molecule has 4 heteroatoms. The number of hydrogen-bond donors (Lipinski definition) is 0. The van der Waals surface area contributed by atoms with Gasteiger partial charge in [-0.05, 0) is 24.3 Å². The molecule has 0 radical (unpaired) electrons. The van der Waals surface area contributed by atoms with E-state index in [-0.39, 0.29) is 0 Å². The molecule has 2 aromatic rings. The van der Waals surface area contributed by atoms with Crippen LogP contribution in [0.15, 0.2) is 30.5 Å². The van der Waals surface area contributed by atoms with Crippen LogP contribution in [0.25, 0.3) is 10.9 Å². The van der Waals surface area contributed by atoms with Crippen LogP contribution in [-0.2, 0) is 4.79 Å². The predicted octanol–water partition coefficient (Wildman–Crippen LogP) is 1.70. The fourth-order valence-electron chi connectivity index (χ4n) is 1.61. The first-order valence-corrected chi connectivity index (χ1v) is 4.74. The number of fused-ring (bicyclic) bond motifs is 1. The topological polar surface area (TPSA) is 57.0 Å². The lowest BCUT2D eigenvalue weighted by molar-refractivity contribution is -0.107. The van der Waals surface area contributed by atoms with Crippen LogP contribution in [0.1, 0.15) is 5.56 Å². The highest BCUT2D eigenvalue weighted by molar-refractivity contribution is 5.98. The van der Waals surface area contributed by atoms with Crippen LogP contribution in [0.2, 0.25) is 0 Å². The van der Waals surface area contributed by atoms with Crippen LogP contribution >= 0.6 is 0 Å². The summed E-state index contributed by atoms with van der Waals surface area (Å²) < 4.78 is 0. The maximum atomic E-state index is 10.7. The number of anilines is 1. The number of carbonyl (C=O) groups excluding carboxylic acids is 1. The van der Waals surface area contributed by atoms with Gasteiger partial charge in [-0.2, -0.15) is 5.26 Å². The molecule has 1 aromatic carbocycles. The molecule has 0 N–H and O–H groups in total. The third-order valence-corrected chi connectivity index (χ3v) is 2.41. The summed E-state index contributed by atoms with van der Waals surface area (Å²) in [4.78, 5) is 16.4. The normalized spacial score (nSPS) is 9.75. The predicted molar refractivity (Wildman–Crippen MR) is 60.9 cm³/mol. The van der Waals surface area contributed by atoms with Crippen LogP contribution in [0.5, 0.6) is 0 Å². The first kappa shape index (κ1) is 10.1. The maximum absolute atomic E-state index is 10.7. The summed E-state index contributed by atoms with van der Waals surface area (Å²) >= 11 is 0. The van der Waals surface area contributed by atoms with E-state index in [2.05, 4.69) is 11.1 Å². The standard InChI is InChI=1S/C12H9N3O/c1-15(8-16)11-5-4-9(7-13)12-10(11)3-2-6-14-12/h2-6,8H,1H3. The number of amides is 1. The summed E-state index contributed by atoms with van der Waals surface area (Å²) in [6.45, 7) is 0. The molecule has 0 aliphatic carbocycles. The molecule has 0 saturated carbocycles. The second-order valence-electron chi connectivity index (χ2n) is 3.36. The highest BCUT2D eigenvalue weighted by Crippen LogP contribution is 2.26. The Morgan fingerprint density at radius 3 is 2.94 bits per heavy atom. The van der Waals surface area contributed by atoms with Gasteiger partial charge in [0.15, 0.2) is 0 Å². The van der Waals surface area contributed by atoms with Gasteiger partial charge in [0.05, 0.1) is 16.8 Å². The molecule has 1 heterocycles. The Morgan fingerprint density at radius 2 is 2.25 bits per heavy atom. The molecule has 0 fully saturated rings. The van der Waals surface area contributed by atoms with Gasteiger partial charge >= 0.3 is 0 Å². The van der Waals surface area contributed by atoms with E-state index in [9.17, 15) is 4.79 Å². The summed E-state index contributed by atoms with van der Waals surface area (Å²) in [6.07, 6.45) is 2.36. The molecule has 0 unspecified atom stereocenters. The van der Waals surface area contributed by atoms with E-state index < -0.39 is 0 Å². The molecule has 0 spiro atoms. The van der Waals surface area contributed by atoms with Crippen molar-refractivity contribution in [2.24, 2.45) is 0 Å². The average molecular weight is 211 g/mol. The van der Waals surface area contributed by atoms with Gasteiger partial charge in [-0.3, -0.25) is 9.78 Å². The lowest BCUT2D eigenvalue weighted by Crippen LogP contribution is -2.14. The van der Waals surface area contributed by atoms with Gasteiger partial charge in [-0.25, -0.2) is 0 Å². The van der Waals surface area contributed by atoms with Crippen molar-refractivity contribution in [3.8, 4) is 6.07 Å². The van der Waals surface area contributed by atoms with E-state index in [1.54, 1.807) is 31.4 Å². The van der Waals surface area contributed by atoms with Gasteiger partial charge < -0.3 is 4.90 Å². The number of rotatable bonds is 2. The van der Waals surface area contributed by atoms with Crippen LogP contribution in [0.4, 0.5) is 5.69 Å². The van der Waals surface area contributed by atoms with Gasteiger partial charge in [-0.15, -0.1) is 0 Å². The molecule has 0 aliphatic heterocycles. The van der Waals surface area contributed by atoms with Crippen molar-refractivity contribution in [1.82, 2.24) is 4.98 Å². The lowest BCUT2D eigenvalue weighted by Gasteiger charge is -2.13. The van der Waals surface area contributed by atoms with Crippen LogP contribution in [0, 0.1) is 11.3 Å². The molecule has 4 nitrogen and oxygen atoms in total. The van der Waals surface area contributed by atoms with E-state index in [4.69, 9.17) is 5.26 Å². The van der Waals surface area contributed by atoms with E-state index in [1.165, 1.54) is 4.90 Å². The number of hydrogen-bond acceptors (Lipinski definition) is 3. The Bertz CT molecular complexity index is 586. The maximum Gasteiger partial charge on any atom is 0.213 e. The zero-order valence-corrected chi connectivity index (χ0v) is 8.71. The molecule has 0 aliphatic rings. The van der Waals surface area contributed by atoms with Crippen LogP contribution in [-0.4, -0.2) is 18.4 Å². The number of carbonyl (C=O) groups is 1. The van der Waals surface area contributed by atoms with E-state index >= 15 is 0 Å². The van der Waals surface area contributed by atoms with Gasteiger partial charge in [0, 0.05) is 18.6 Å². The molecular weight excluding hydrogens is 202 g/mol. The Kier molecular flexibility index (Phi) is 2.52. The van der Waals surface area contributed by atoms with Gasteiger partial charge in [0.1, 0.15) is 6.07 Å². The van der Waals surface area contributed by atoms with Gasteiger partial charge in [0.2, 0.25) is 6.41 Å². The number of pyridine rings is 1. The second-order valence-corrected chi connectivity index (χ2v) is 3.36. The fourth-order valence-corrected chi connectivity index (χ4v) is 1.61. The fraction of sp³-hybridized carbons (Fsp3) is 0.0833. The van der Waals surface area contributed by atoms with Crippen LogP contribution in [0.3, 0.4) is 0 Å². The Morgan fingerprint density at radius 1 is 1.44 bits per heavy atom. The highest BCUT2D eigenvalue weighted by Gasteiger charge is 2.08. The monoisotopic (exact) mass is 211 g/mol. The highest BCUT2D eigenvalue weighted by atomic mass is 16.1. The summed E-state index contributed by atoms with van der Waals surface area (Å²) in [6, 6.07) is 9.13. The first-order chi connectivity index (χ1) is 7.77. The second kappa shape index (κ2) is 3.99. The quantitative estimate of drug-likeness (QED) is 0.710. The Balaban J connectivity index is 2.80. The molecule has 0 bridgehead atoms. The minimum Gasteiger partial charge on any atom is -0.317 e.